The number of nitrogens with zero attached hydrogens (tertiary/aromatic N) is 3. The van der Waals surface area contributed by atoms with Gasteiger partial charge in [-0.15, -0.1) is 0 Å². The van der Waals surface area contributed by atoms with Crippen LogP contribution in [0.1, 0.15) is 18.6 Å². The second-order valence-electron chi connectivity index (χ2n) is 6.86. The molecule has 30 heavy (non-hydrogen) atoms. The molecule has 1 atom stereocenters. The first-order valence-electron chi connectivity index (χ1n) is 9.73. The van der Waals surface area contributed by atoms with Crippen LogP contribution in [0.2, 0.25) is 0 Å². The molecule has 2 N–H and O–H groups in total. The number of fused-ring (bicyclic) bond motifs is 1. The summed E-state index contributed by atoms with van der Waals surface area (Å²) in [6.07, 6.45) is -0.858. The zero-order valence-electron chi connectivity index (χ0n) is 16.6. The predicted octanol–water partition coefficient (Wildman–Crippen LogP) is 3.18. The predicted molar refractivity (Wildman–Crippen MR) is 115 cm³/mol. The summed E-state index contributed by atoms with van der Waals surface area (Å²) in [4.78, 5) is 33.8. The second kappa shape index (κ2) is 8.24. The zero-order valence-corrected chi connectivity index (χ0v) is 16.6. The Bertz CT molecular complexity index is 1060. The van der Waals surface area contributed by atoms with E-state index in [-0.39, 0.29) is 30.0 Å². The first kappa shape index (κ1) is 19.4. The van der Waals surface area contributed by atoms with Gasteiger partial charge in [0.25, 0.3) is 5.91 Å². The zero-order chi connectivity index (χ0) is 21.1. The number of aromatic nitrogens is 1. The fraction of sp³-hybridized carbons (Fsp3) is 0.174. The number of rotatable bonds is 5. The largest absolute Gasteiger partial charge is 0.472 e. The van der Waals surface area contributed by atoms with E-state index >= 15 is 0 Å². The van der Waals surface area contributed by atoms with Crippen molar-refractivity contribution >= 4 is 29.1 Å². The Morgan fingerprint density at radius 2 is 1.73 bits per heavy atom. The fourth-order valence-corrected chi connectivity index (χ4v) is 3.48. The van der Waals surface area contributed by atoms with Crippen LogP contribution in [0.15, 0.2) is 72.8 Å². The van der Waals surface area contributed by atoms with Gasteiger partial charge in [-0.25, -0.2) is 4.98 Å². The van der Waals surface area contributed by atoms with Crippen LogP contribution in [-0.2, 0) is 9.59 Å². The van der Waals surface area contributed by atoms with Gasteiger partial charge in [0.2, 0.25) is 12.0 Å². The Balaban J connectivity index is 1.69. The molecular formula is C23H22N4O3. The molecule has 0 bridgehead atoms. The lowest BCUT2D eigenvalue weighted by Gasteiger charge is -2.34. The topological polar surface area (TPSA) is 88.8 Å². The van der Waals surface area contributed by atoms with Gasteiger partial charge in [-0.2, -0.15) is 0 Å². The number of benzene rings is 2. The maximum Gasteiger partial charge on any atom is 0.274 e. The van der Waals surface area contributed by atoms with Crippen molar-refractivity contribution in [3.63, 3.8) is 0 Å². The van der Waals surface area contributed by atoms with Crippen LogP contribution < -0.4 is 20.3 Å². The second-order valence-corrected chi connectivity index (χ2v) is 6.86. The SMILES string of the molecule is CCN(C(=O)CN1C(=O)C(c2ccccc2)Oc2ccc(N)nc21)c1ccccc1. The number of amides is 2. The van der Waals surface area contributed by atoms with Crippen LogP contribution in [0.25, 0.3) is 0 Å². The Labute approximate surface area is 174 Å². The number of hydrogen-bond donors (Lipinski definition) is 1. The molecule has 1 unspecified atom stereocenters. The molecule has 0 aliphatic carbocycles. The Morgan fingerprint density at radius 3 is 2.40 bits per heavy atom. The van der Waals surface area contributed by atoms with E-state index in [9.17, 15) is 9.59 Å². The molecule has 7 heteroatoms. The first-order valence-corrected chi connectivity index (χ1v) is 9.73. The van der Waals surface area contributed by atoms with E-state index in [0.29, 0.717) is 17.9 Å². The summed E-state index contributed by atoms with van der Waals surface area (Å²) in [6, 6.07) is 21.8. The summed E-state index contributed by atoms with van der Waals surface area (Å²) in [5, 5.41) is 0. The number of pyridine rings is 1. The molecular weight excluding hydrogens is 380 g/mol. The molecule has 0 saturated heterocycles. The van der Waals surface area contributed by atoms with Crippen LogP contribution in [0, 0.1) is 0 Å². The van der Waals surface area contributed by atoms with Gasteiger partial charge < -0.3 is 15.4 Å². The smallest absolute Gasteiger partial charge is 0.274 e. The van der Waals surface area contributed by atoms with E-state index in [1.807, 2.05) is 67.6 Å². The Kier molecular flexibility index (Phi) is 5.34. The average Bonchev–Trinajstić information content (AvgIpc) is 2.77. The molecule has 0 radical (unpaired) electrons. The highest BCUT2D eigenvalue weighted by Crippen LogP contribution is 2.38. The highest BCUT2D eigenvalue weighted by Gasteiger charge is 2.38. The number of carbonyl (C=O) groups is 2. The third kappa shape index (κ3) is 3.69. The highest BCUT2D eigenvalue weighted by molar-refractivity contribution is 6.06. The summed E-state index contributed by atoms with van der Waals surface area (Å²) < 4.78 is 5.93. The normalized spacial score (nSPS) is 15.3. The molecule has 2 amide bonds. The average molecular weight is 402 g/mol. The minimum absolute atomic E-state index is 0.169. The Morgan fingerprint density at radius 1 is 1.07 bits per heavy atom. The summed E-state index contributed by atoms with van der Waals surface area (Å²) in [6.45, 7) is 2.20. The van der Waals surface area contributed by atoms with E-state index in [1.54, 1.807) is 17.0 Å². The standard InChI is InChI=1S/C23H22N4O3/c1-2-26(17-11-7-4-8-12-17)20(28)15-27-22-18(13-14-19(24)25-22)30-21(23(27)29)16-9-5-3-6-10-16/h3-14,21H,2,15H2,1H3,(H2,24,25). The number of nitrogen functional groups attached to an aromatic ring is 1. The maximum absolute atomic E-state index is 13.3. The molecule has 1 aromatic heterocycles. The van der Waals surface area contributed by atoms with Crippen molar-refractivity contribution in [3.8, 4) is 5.75 Å². The van der Waals surface area contributed by atoms with E-state index in [4.69, 9.17) is 10.5 Å². The fourth-order valence-electron chi connectivity index (χ4n) is 3.48. The van der Waals surface area contributed by atoms with Crippen LogP contribution >= 0.6 is 0 Å². The molecule has 1 aliphatic rings. The third-order valence-electron chi connectivity index (χ3n) is 4.93. The lowest BCUT2D eigenvalue weighted by atomic mass is 10.1. The van der Waals surface area contributed by atoms with Gasteiger partial charge in [-0.1, -0.05) is 48.5 Å². The van der Waals surface area contributed by atoms with Crippen molar-refractivity contribution < 1.29 is 14.3 Å². The van der Waals surface area contributed by atoms with Crippen LogP contribution in [0.5, 0.6) is 5.75 Å². The van der Waals surface area contributed by atoms with Gasteiger partial charge in [0.05, 0.1) is 0 Å². The van der Waals surface area contributed by atoms with Gasteiger partial charge in [0, 0.05) is 17.8 Å². The lowest BCUT2D eigenvalue weighted by molar-refractivity contribution is -0.128. The molecule has 1 aliphatic heterocycles. The molecule has 2 heterocycles. The van der Waals surface area contributed by atoms with Gasteiger partial charge in [0.15, 0.2) is 11.6 Å². The van der Waals surface area contributed by atoms with Gasteiger partial charge in [-0.3, -0.25) is 14.5 Å². The number of para-hydroxylation sites is 1. The number of hydrogen-bond acceptors (Lipinski definition) is 5. The van der Waals surface area contributed by atoms with Crippen LogP contribution in [0.4, 0.5) is 17.3 Å². The summed E-state index contributed by atoms with van der Waals surface area (Å²) in [5.74, 6) is 0.333. The molecule has 0 saturated carbocycles. The summed E-state index contributed by atoms with van der Waals surface area (Å²) in [5.41, 5.74) is 7.32. The van der Waals surface area contributed by atoms with Crippen molar-refractivity contribution in [3.05, 3.63) is 78.4 Å². The van der Waals surface area contributed by atoms with Crippen LogP contribution in [-0.4, -0.2) is 29.9 Å². The first-order chi connectivity index (χ1) is 14.6. The lowest BCUT2D eigenvalue weighted by Crippen LogP contribution is -2.48. The van der Waals surface area contributed by atoms with Gasteiger partial charge >= 0.3 is 0 Å². The van der Waals surface area contributed by atoms with E-state index in [2.05, 4.69) is 4.98 Å². The number of carbonyl (C=O) groups excluding carboxylic acids is 2. The maximum atomic E-state index is 13.3. The van der Waals surface area contributed by atoms with Crippen LogP contribution in [0.3, 0.4) is 0 Å². The van der Waals surface area contributed by atoms with E-state index < -0.39 is 6.10 Å². The summed E-state index contributed by atoms with van der Waals surface area (Å²) in [7, 11) is 0. The number of likely N-dealkylation sites (N-methyl/N-ethyl adjacent to an activating group) is 1. The molecule has 3 aromatic rings. The van der Waals surface area contributed by atoms with E-state index in [1.165, 1.54) is 4.90 Å². The molecule has 2 aromatic carbocycles. The van der Waals surface area contributed by atoms with E-state index in [0.717, 1.165) is 5.69 Å². The van der Waals surface area contributed by atoms with Crippen molar-refractivity contribution in [1.29, 1.82) is 0 Å². The van der Waals surface area contributed by atoms with Crippen molar-refractivity contribution in [2.45, 2.75) is 13.0 Å². The molecule has 0 fully saturated rings. The van der Waals surface area contributed by atoms with Crippen molar-refractivity contribution in [2.75, 3.05) is 28.6 Å². The number of ether oxygens (including phenoxy) is 1. The minimum atomic E-state index is -0.858. The number of nitrogens with two attached hydrogens (primary N) is 1. The molecule has 4 rings (SSSR count). The number of anilines is 3. The quantitative estimate of drug-likeness (QED) is 0.708. The monoisotopic (exact) mass is 402 g/mol. The van der Waals surface area contributed by atoms with Crippen molar-refractivity contribution in [1.82, 2.24) is 4.98 Å². The summed E-state index contributed by atoms with van der Waals surface area (Å²) >= 11 is 0. The third-order valence-corrected chi connectivity index (χ3v) is 4.93. The molecule has 7 nitrogen and oxygen atoms in total. The van der Waals surface area contributed by atoms with Gasteiger partial charge in [-0.05, 0) is 31.2 Å². The van der Waals surface area contributed by atoms with Gasteiger partial charge in [0.1, 0.15) is 12.4 Å². The Hall–Kier alpha value is -3.87. The van der Waals surface area contributed by atoms with Crippen molar-refractivity contribution in [2.24, 2.45) is 0 Å². The molecule has 152 valence electrons. The molecule has 0 spiro atoms. The highest BCUT2D eigenvalue weighted by atomic mass is 16.5. The minimum Gasteiger partial charge on any atom is -0.472 e.